The molecule has 1 N–H and O–H groups in total. The second kappa shape index (κ2) is 7.21. The molecule has 2 aromatic rings. The first-order chi connectivity index (χ1) is 13.7. The van der Waals surface area contributed by atoms with E-state index in [1.165, 1.54) is 18.5 Å². The van der Waals surface area contributed by atoms with Crippen molar-refractivity contribution >= 4 is 5.91 Å². The van der Waals surface area contributed by atoms with Gasteiger partial charge in [0.25, 0.3) is 5.91 Å². The summed E-state index contributed by atoms with van der Waals surface area (Å²) in [6.07, 6.45) is 7.41. The van der Waals surface area contributed by atoms with Gasteiger partial charge in [0.15, 0.2) is 0 Å². The van der Waals surface area contributed by atoms with E-state index in [0.717, 1.165) is 36.8 Å². The van der Waals surface area contributed by atoms with Crippen molar-refractivity contribution in [3.8, 4) is 5.75 Å². The summed E-state index contributed by atoms with van der Waals surface area (Å²) in [6.45, 7) is 1.14. The van der Waals surface area contributed by atoms with Gasteiger partial charge in [0, 0.05) is 30.9 Å². The number of nitrogens with zero attached hydrogens (tertiary/aromatic N) is 2. The molecule has 2 fully saturated rings. The first kappa shape index (κ1) is 17.7. The molecule has 2 atom stereocenters. The molecule has 0 saturated heterocycles. The number of aromatic nitrogens is 1. The summed E-state index contributed by atoms with van der Waals surface area (Å²) in [4.78, 5) is 19.5. The van der Waals surface area contributed by atoms with Gasteiger partial charge >= 0.3 is 0 Å². The molecule has 3 aliphatic rings. The van der Waals surface area contributed by atoms with E-state index in [1.807, 2.05) is 29.3 Å². The third-order valence-electron chi connectivity index (χ3n) is 6.14. The van der Waals surface area contributed by atoms with Gasteiger partial charge in [-0.2, -0.15) is 0 Å². The molecule has 5 heteroatoms. The van der Waals surface area contributed by atoms with Crippen LogP contribution >= 0.6 is 0 Å². The summed E-state index contributed by atoms with van der Waals surface area (Å²) in [5.41, 5.74) is 3.87. The van der Waals surface area contributed by atoms with E-state index in [0.29, 0.717) is 30.3 Å². The minimum atomic E-state index is -0.451. The van der Waals surface area contributed by atoms with Crippen LogP contribution in [-0.2, 0) is 13.1 Å². The summed E-state index contributed by atoms with van der Waals surface area (Å²) < 4.78 is 6.12. The van der Waals surface area contributed by atoms with E-state index in [4.69, 9.17) is 4.74 Å². The first-order valence-corrected chi connectivity index (χ1v) is 10.4. The van der Waals surface area contributed by atoms with Crippen LogP contribution in [0.2, 0.25) is 0 Å². The van der Waals surface area contributed by atoms with Gasteiger partial charge in [-0.3, -0.25) is 9.78 Å². The smallest absolute Gasteiger partial charge is 0.258 e. The zero-order valence-corrected chi connectivity index (χ0v) is 16.0. The van der Waals surface area contributed by atoms with Crippen molar-refractivity contribution in [3.05, 3.63) is 58.9 Å². The van der Waals surface area contributed by atoms with E-state index >= 15 is 0 Å². The summed E-state index contributed by atoms with van der Waals surface area (Å²) in [7, 11) is 0. The number of rotatable bonds is 5. The largest absolute Gasteiger partial charge is 0.487 e. The number of aliphatic hydroxyl groups excluding tert-OH is 1. The predicted molar refractivity (Wildman–Crippen MR) is 105 cm³/mol. The normalized spacial score (nSPS) is 24.3. The third kappa shape index (κ3) is 3.39. The minimum Gasteiger partial charge on any atom is -0.487 e. The van der Waals surface area contributed by atoms with Crippen molar-refractivity contribution < 1.29 is 14.6 Å². The van der Waals surface area contributed by atoms with Crippen molar-refractivity contribution in [2.24, 2.45) is 0 Å². The lowest BCUT2D eigenvalue weighted by atomic mass is 9.94. The second-order valence-corrected chi connectivity index (χ2v) is 8.33. The highest BCUT2D eigenvalue weighted by Crippen LogP contribution is 2.39. The fourth-order valence-electron chi connectivity index (χ4n) is 4.36. The topological polar surface area (TPSA) is 62.7 Å². The summed E-state index contributed by atoms with van der Waals surface area (Å²) in [5.74, 6) is 1.25. The summed E-state index contributed by atoms with van der Waals surface area (Å²) in [5, 5.41) is 10.2. The average Bonchev–Trinajstić information content (AvgIpc) is 3.50. The third-order valence-corrected chi connectivity index (χ3v) is 6.14. The zero-order valence-electron chi connectivity index (χ0n) is 16.0. The number of fused-ring (bicyclic) bond motifs is 1. The number of carbonyl (C=O) groups is 1. The Bertz CT molecular complexity index is 876. The van der Waals surface area contributed by atoms with Gasteiger partial charge in [0.1, 0.15) is 11.9 Å². The van der Waals surface area contributed by atoms with E-state index in [1.54, 1.807) is 0 Å². The molecule has 2 aliphatic carbocycles. The van der Waals surface area contributed by atoms with Gasteiger partial charge in [0.2, 0.25) is 0 Å². The fourth-order valence-corrected chi connectivity index (χ4v) is 4.36. The molecule has 0 unspecified atom stereocenters. The molecule has 1 aromatic heterocycles. The van der Waals surface area contributed by atoms with E-state index < -0.39 is 6.10 Å². The Kier molecular flexibility index (Phi) is 4.55. The molecule has 1 amide bonds. The zero-order chi connectivity index (χ0) is 19.1. The lowest BCUT2D eigenvalue weighted by molar-refractivity contribution is 0.00636. The second-order valence-electron chi connectivity index (χ2n) is 8.33. The van der Waals surface area contributed by atoms with Crippen molar-refractivity contribution in [2.75, 3.05) is 0 Å². The number of ether oxygens (including phenoxy) is 1. The maximum atomic E-state index is 13.1. The number of aliphatic hydroxyl groups is 1. The number of benzene rings is 1. The Morgan fingerprint density at radius 1 is 1.11 bits per heavy atom. The maximum absolute atomic E-state index is 13.1. The molecular formula is C23H26N2O3. The monoisotopic (exact) mass is 378 g/mol. The van der Waals surface area contributed by atoms with Crippen LogP contribution < -0.4 is 4.74 Å². The van der Waals surface area contributed by atoms with Crippen LogP contribution in [0.15, 0.2) is 36.5 Å². The van der Waals surface area contributed by atoms with Crippen LogP contribution in [0.1, 0.15) is 71.6 Å². The number of pyridine rings is 1. The fraction of sp³-hybridized carbons (Fsp3) is 0.478. The molecular weight excluding hydrogens is 352 g/mol. The quantitative estimate of drug-likeness (QED) is 0.860. The molecule has 1 aliphatic heterocycles. The molecule has 2 saturated carbocycles. The molecule has 146 valence electrons. The molecule has 5 nitrogen and oxygen atoms in total. The lowest BCUT2D eigenvalue weighted by Crippen LogP contribution is -2.35. The molecule has 2 heterocycles. The molecule has 5 rings (SSSR count). The highest BCUT2D eigenvalue weighted by molar-refractivity contribution is 6.01. The van der Waals surface area contributed by atoms with Crippen LogP contribution in [0.5, 0.6) is 5.75 Å². The van der Waals surface area contributed by atoms with Gasteiger partial charge in [-0.1, -0.05) is 24.6 Å². The van der Waals surface area contributed by atoms with Crippen LogP contribution in [0.25, 0.3) is 0 Å². The average molecular weight is 378 g/mol. The Balaban J connectivity index is 1.32. The van der Waals surface area contributed by atoms with E-state index in [2.05, 4.69) is 17.1 Å². The number of amides is 1. The standard InChI is InChI=1S/C23H26N2O3/c26-19-5-1-2-6-20(19)28-21-7-3-4-17-14-25(23(27)22(17)21)13-15-8-11-18(24-12-15)16-9-10-16/h3-4,7-8,11-12,16,19-20,26H,1-2,5-6,9-10,13-14H2/t19-,20-/m0/s1. The van der Waals surface area contributed by atoms with Crippen molar-refractivity contribution in [3.63, 3.8) is 0 Å². The van der Waals surface area contributed by atoms with E-state index in [9.17, 15) is 9.90 Å². The van der Waals surface area contributed by atoms with Crippen LogP contribution in [0.3, 0.4) is 0 Å². The summed E-state index contributed by atoms with van der Waals surface area (Å²) >= 11 is 0. The molecule has 0 bridgehead atoms. The van der Waals surface area contributed by atoms with Crippen LogP contribution in [0.4, 0.5) is 0 Å². The van der Waals surface area contributed by atoms with Crippen molar-refractivity contribution in [1.29, 1.82) is 0 Å². The Labute approximate surface area is 165 Å². The lowest BCUT2D eigenvalue weighted by Gasteiger charge is -2.28. The minimum absolute atomic E-state index is 0.00201. The van der Waals surface area contributed by atoms with Crippen LogP contribution in [0, 0.1) is 0 Å². The number of hydrogen-bond acceptors (Lipinski definition) is 4. The van der Waals surface area contributed by atoms with Gasteiger partial charge in [-0.05, 0) is 55.4 Å². The molecule has 0 spiro atoms. The van der Waals surface area contributed by atoms with Gasteiger partial charge in [-0.25, -0.2) is 0 Å². The number of carbonyl (C=O) groups excluding carboxylic acids is 1. The molecule has 28 heavy (non-hydrogen) atoms. The first-order valence-electron chi connectivity index (χ1n) is 10.4. The highest BCUT2D eigenvalue weighted by Gasteiger charge is 2.33. The Morgan fingerprint density at radius 2 is 1.96 bits per heavy atom. The number of hydrogen-bond donors (Lipinski definition) is 1. The van der Waals surface area contributed by atoms with Crippen LogP contribution in [-0.4, -0.2) is 33.1 Å². The van der Waals surface area contributed by atoms with Gasteiger partial charge < -0.3 is 14.7 Å². The van der Waals surface area contributed by atoms with Crippen molar-refractivity contribution in [2.45, 2.75) is 69.7 Å². The predicted octanol–water partition coefficient (Wildman–Crippen LogP) is 3.80. The van der Waals surface area contributed by atoms with E-state index in [-0.39, 0.29) is 12.0 Å². The Morgan fingerprint density at radius 3 is 2.71 bits per heavy atom. The van der Waals surface area contributed by atoms with Gasteiger partial charge in [0.05, 0.1) is 11.7 Å². The summed E-state index contributed by atoms with van der Waals surface area (Å²) in [6, 6.07) is 9.97. The molecule has 0 radical (unpaired) electrons. The van der Waals surface area contributed by atoms with Crippen molar-refractivity contribution in [1.82, 2.24) is 9.88 Å². The molecule has 1 aromatic carbocycles. The SMILES string of the molecule is O=C1c2c(cccc2O[C@H]2CCCC[C@@H]2O)CN1Cc1ccc(C2CC2)nc1. The highest BCUT2D eigenvalue weighted by atomic mass is 16.5. The maximum Gasteiger partial charge on any atom is 0.258 e. The van der Waals surface area contributed by atoms with Gasteiger partial charge in [-0.15, -0.1) is 0 Å². The Hall–Kier alpha value is -2.40.